The van der Waals surface area contributed by atoms with E-state index in [0.29, 0.717) is 12.2 Å². The average Bonchev–Trinajstić information content (AvgIpc) is 2.36. The Morgan fingerprint density at radius 2 is 2.11 bits per heavy atom. The minimum atomic E-state index is -4.38. The summed E-state index contributed by atoms with van der Waals surface area (Å²) in [4.78, 5) is 11.2. The molecular weight excluding hydrogens is 257 g/mol. The molecule has 0 fully saturated rings. The summed E-state index contributed by atoms with van der Waals surface area (Å²) >= 11 is 0. The third-order valence-corrected chi connectivity index (χ3v) is 2.37. The lowest BCUT2D eigenvalue weighted by Crippen LogP contribution is -2.04. The molecule has 104 valence electrons. The number of hydrogen-bond acceptors (Lipinski definition) is 2. The minimum absolute atomic E-state index is 0.308. The van der Waals surface area contributed by atoms with E-state index in [0.717, 1.165) is 31.1 Å². The quantitative estimate of drug-likeness (QED) is 0.459. The Bertz CT molecular complexity index is 450. The van der Waals surface area contributed by atoms with Gasteiger partial charge in [0.05, 0.1) is 12.2 Å². The molecule has 0 bridgehead atoms. The Hall–Kier alpha value is -1.78. The Morgan fingerprint density at radius 1 is 1.37 bits per heavy atom. The molecule has 0 saturated carbocycles. The van der Waals surface area contributed by atoms with Crippen molar-refractivity contribution in [3.63, 3.8) is 0 Å². The van der Waals surface area contributed by atoms with Crippen LogP contribution in [0.2, 0.25) is 0 Å². The number of unbranched alkanes of at least 4 members (excludes halogenated alkanes) is 1. The molecule has 0 aliphatic carbocycles. The number of benzene rings is 1. The average molecular weight is 272 g/mol. The Morgan fingerprint density at radius 3 is 2.74 bits per heavy atom. The molecule has 0 saturated heterocycles. The molecule has 0 radical (unpaired) electrons. The van der Waals surface area contributed by atoms with Gasteiger partial charge in [-0.1, -0.05) is 25.5 Å². The Kier molecular flexibility index (Phi) is 5.60. The highest BCUT2D eigenvalue weighted by Gasteiger charge is 2.30. The Labute approximate surface area is 109 Å². The number of esters is 1. The van der Waals surface area contributed by atoms with Crippen molar-refractivity contribution in [2.75, 3.05) is 6.61 Å². The lowest BCUT2D eigenvalue weighted by molar-refractivity contribution is -0.138. The van der Waals surface area contributed by atoms with E-state index in [-0.39, 0.29) is 0 Å². The van der Waals surface area contributed by atoms with Gasteiger partial charge in [-0.2, -0.15) is 13.2 Å². The molecule has 5 heteroatoms. The highest BCUT2D eigenvalue weighted by Crippen LogP contribution is 2.29. The largest absolute Gasteiger partial charge is 0.463 e. The van der Waals surface area contributed by atoms with Gasteiger partial charge in [-0.05, 0) is 30.2 Å². The van der Waals surface area contributed by atoms with E-state index in [1.165, 1.54) is 18.2 Å². The van der Waals surface area contributed by atoms with Gasteiger partial charge in [-0.15, -0.1) is 0 Å². The van der Waals surface area contributed by atoms with Crippen molar-refractivity contribution in [2.45, 2.75) is 25.9 Å². The van der Waals surface area contributed by atoms with E-state index >= 15 is 0 Å². The second-order valence-electron chi connectivity index (χ2n) is 3.98. The molecule has 0 amide bonds. The fourth-order valence-electron chi connectivity index (χ4n) is 1.35. The van der Waals surface area contributed by atoms with Crippen molar-refractivity contribution >= 4 is 12.0 Å². The Balaban J connectivity index is 2.64. The summed E-state index contributed by atoms with van der Waals surface area (Å²) in [5.41, 5.74) is -0.434. The van der Waals surface area contributed by atoms with E-state index in [1.807, 2.05) is 6.92 Å². The van der Waals surface area contributed by atoms with Gasteiger partial charge in [0.25, 0.3) is 0 Å². The van der Waals surface area contributed by atoms with Crippen molar-refractivity contribution in [1.29, 1.82) is 0 Å². The molecule has 1 aromatic rings. The monoisotopic (exact) mass is 272 g/mol. The van der Waals surface area contributed by atoms with Crippen molar-refractivity contribution in [1.82, 2.24) is 0 Å². The summed E-state index contributed by atoms with van der Waals surface area (Å²) in [5, 5.41) is 0. The first-order chi connectivity index (χ1) is 8.93. The van der Waals surface area contributed by atoms with E-state index in [9.17, 15) is 18.0 Å². The summed E-state index contributed by atoms with van der Waals surface area (Å²) in [6.45, 7) is 2.29. The lowest BCUT2D eigenvalue weighted by Gasteiger charge is -2.06. The molecular formula is C14H15F3O2. The molecule has 0 aliphatic rings. The molecule has 0 aromatic heterocycles. The number of hydrogen-bond donors (Lipinski definition) is 0. The smallest absolute Gasteiger partial charge is 0.416 e. The van der Waals surface area contributed by atoms with Crippen LogP contribution in [0.4, 0.5) is 13.2 Å². The number of rotatable bonds is 5. The molecule has 1 aromatic carbocycles. The molecule has 0 unspecified atom stereocenters. The zero-order chi connectivity index (χ0) is 14.3. The van der Waals surface area contributed by atoms with Gasteiger partial charge in [-0.3, -0.25) is 0 Å². The number of halogens is 3. The van der Waals surface area contributed by atoms with E-state index < -0.39 is 17.7 Å². The van der Waals surface area contributed by atoms with Gasteiger partial charge in [0.15, 0.2) is 0 Å². The van der Waals surface area contributed by atoms with Gasteiger partial charge in [0.2, 0.25) is 0 Å². The van der Waals surface area contributed by atoms with Crippen LogP contribution in [0.1, 0.15) is 30.9 Å². The summed E-state index contributed by atoms with van der Waals surface area (Å²) in [6, 6.07) is 4.75. The number of carbonyl (C=O) groups excluding carboxylic acids is 1. The normalized spacial score (nSPS) is 11.8. The van der Waals surface area contributed by atoms with Crippen LogP contribution in [0.15, 0.2) is 30.3 Å². The molecule has 0 N–H and O–H groups in total. The second kappa shape index (κ2) is 6.97. The molecule has 19 heavy (non-hydrogen) atoms. The molecule has 0 aliphatic heterocycles. The molecule has 0 heterocycles. The number of carbonyl (C=O) groups is 1. The first kappa shape index (κ1) is 15.3. The standard InChI is InChI=1S/C14H15F3O2/c1-2-3-9-19-13(18)8-7-11-5-4-6-12(10-11)14(15,16)17/h4-8,10H,2-3,9H2,1H3/b8-7+. The number of alkyl halides is 3. The van der Waals surface area contributed by atoms with E-state index in [2.05, 4.69) is 0 Å². The summed E-state index contributed by atoms with van der Waals surface area (Å²) < 4.78 is 42.2. The predicted molar refractivity (Wildman–Crippen MR) is 66.3 cm³/mol. The SMILES string of the molecule is CCCCOC(=O)/C=C/c1cccc(C(F)(F)F)c1. The summed E-state index contributed by atoms with van der Waals surface area (Å²) in [7, 11) is 0. The molecule has 0 spiro atoms. The molecule has 0 atom stereocenters. The van der Waals surface area contributed by atoms with Crippen molar-refractivity contribution in [2.24, 2.45) is 0 Å². The fourth-order valence-corrected chi connectivity index (χ4v) is 1.35. The van der Waals surface area contributed by atoms with Crippen LogP contribution in [0, 0.1) is 0 Å². The second-order valence-corrected chi connectivity index (χ2v) is 3.98. The van der Waals surface area contributed by atoms with Gasteiger partial charge in [0.1, 0.15) is 0 Å². The van der Waals surface area contributed by atoms with Crippen LogP contribution in [-0.4, -0.2) is 12.6 Å². The maximum Gasteiger partial charge on any atom is 0.416 e. The highest BCUT2D eigenvalue weighted by molar-refractivity contribution is 5.87. The summed E-state index contributed by atoms with van der Waals surface area (Å²) in [6.07, 6.45) is -0.270. The van der Waals surface area contributed by atoms with Crippen LogP contribution >= 0.6 is 0 Å². The summed E-state index contributed by atoms with van der Waals surface area (Å²) in [5.74, 6) is -0.550. The van der Waals surface area contributed by atoms with Gasteiger partial charge >= 0.3 is 12.1 Å². The zero-order valence-electron chi connectivity index (χ0n) is 10.5. The zero-order valence-corrected chi connectivity index (χ0v) is 10.5. The predicted octanol–water partition coefficient (Wildman–Crippen LogP) is 4.06. The third kappa shape index (κ3) is 5.59. The van der Waals surface area contributed by atoms with Crippen molar-refractivity contribution in [3.8, 4) is 0 Å². The van der Waals surface area contributed by atoms with Crippen molar-refractivity contribution in [3.05, 3.63) is 41.5 Å². The van der Waals surface area contributed by atoms with Crippen LogP contribution < -0.4 is 0 Å². The van der Waals surface area contributed by atoms with E-state index in [4.69, 9.17) is 4.74 Å². The fraction of sp³-hybridized carbons (Fsp3) is 0.357. The maximum absolute atomic E-state index is 12.5. The van der Waals surface area contributed by atoms with Gasteiger partial charge < -0.3 is 4.74 Å². The first-order valence-corrected chi connectivity index (χ1v) is 5.95. The molecule has 1 rings (SSSR count). The van der Waals surface area contributed by atoms with Crippen molar-refractivity contribution < 1.29 is 22.7 Å². The highest BCUT2D eigenvalue weighted by atomic mass is 19.4. The molecule has 2 nitrogen and oxygen atoms in total. The first-order valence-electron chi connectivity index (χ1n) is 5.95. The van der Waals surface area contributed by atoms with Gasteiger partial charge in [-0.25, -0.2) is 4.79 Å². The van der Waals surface area contributed by atoms with E-state index in [1.54, 1.807) is 0 Å². The van der Waals surface area contributed by atoms with Gasteiger partial charge in [0, 0.05) is 6.08 Å². The maximum atomic E-state index is 12.5. The van der Waals surface area contributed by atoms with Crippen LogP contribution in [0.5, 0.6) is 0 Å². The third-order valence-electron chi connectivity index (χ3n) is 2.37. The minimum Gasteiger partial charge on any atom is -0.463 e. The van der Waals surface area contributed by atoms with Crippen LogP contribution in [-0.2, 0) is 15.7 Å². The number of ether oxygens (including phenoxy) is 1. The van der Waals surface area contributed by atoms with Crippen LogP contribution in [0.25, 0.3) is 6.08 Å². The van der Waals surface area contributed by atoms with Crippen LogP contribution in [0.3, 0.4) is 0 Å². The topological polar surface area (TPSA) is 26.3 Å². The lowest BCUT2D eigenvalue weighted by atomic mass is 10.1.